The maximum Gasteiger partial charge on any atom is 0.292 e. The lowest BCUT2D eigenvalue weighted by molar-refractivity contribution is -0.121. The predicted molar refractivity (Wildman–Crippen MR) is 379 cm³/mol. The number of amides is 13. The normalized spacial score (nSPS) is 11.0. The monoisotopic (exact) mass is 1420 g/mol. The number of nitrogens with one attached hydrogen (secondary N) is 13. The largest absolute Gasteiger partial charge is 0.356 e. The Labute approximate surface area is 590 Å². The van der Waals surface area contributed by atoms with Crippen molar-refractivity contribution in [2.75, 3.05) is 95.9 Å². The molecule has 13 N–H and O–H groups in total. The molecule has 0 atom stereocenters. The Balaban J connectivity index is 0.700. The molecule has 0 bridgehead atoms. The van der Waals surface area contributed by atoms with E-state index < -0.39 is 65.0 Å². The van der Waals surface area contributed by atoms with Crippen molar-refractivity contribution in [2.24, 2.45) is 56.4 Å². The number of anilines is 8. The Morgan fingerprint density at radius 2 is 0.621 bits per heavy atom. The SMILES string of the molecule is CC(=O)Nc1cc(C(=O)Nc2cc(C(=O)NCCC(=O)Nc3cc(C(=O)Nc4cc(C(=O)NCCCC(=O)Nc5cn(C)c(C(=O)Nc6cn(C)c(C(=O)NCCC(=O)Nc7cc(C(=O)Nc8cc(C(=O)NCCC(=O)NCCCN(C)C)n(C)c8)n(C)c7)n6)n5)n(C)c4)n(C)c3)n(C)c2)n(C)c1. The molecule has 103 heavy (non-hydrogen) atoms. The molecule has 13 amide bonds. The number of imidazole rings is 2. The number of hydrogen-bond donors (Lipinski definition) is 13. The van der Waals surface area contributed by atoms with Gasteiger partial charge >= 0.3 is 0 Å². The van der Waals surface area contributed by atoms with Crippen molar-refractivity contribution in [1.82, 2.24) is 78.0 Å². The molecular formula is C66H84N24O13. The first-order chi connectivity index (χ1) is 48.9. The van der Waals surface area contributed by atoms with Crippen LogP contribution in [0.25, 0.3) is 0 Å². The van der Waals surface area contributed by atoms with Crippen molar-refractivity contribution in [2.45, 2.75) is 45.4 Å². The molecular weight excluding hydrogens is 1340 g/mol. The number of carbonyl (C=O) groups excluding carboxylic acids is 13. The average Bonchev–Trinajstić information content (AvgIpc) is 1.68. The minimum absolute atomic E-state index is 0.00742. The van der Waals surface area contributed by atoms with Crippen molar-refractivity contribution in [1.29, 1.82) is 0 Å². The van der Waals surface area contributed by atoms with Crippen molar-refractivity contribution in [3.05, 3.63) is 132 Å². The molecule has 8 rings (SSSR count). The van der Waals surface area contributed by atoms with Gasteiger partial charge in [0.2, 0.25) is 41.2 Å². The number of aryl methyl sites for hydroxylation is 8. The van der Waals surface area contributed by atoms with Gasteiger partial charge in [-0.2, -0.15) is 0 Å². The fourth-order valence-electron chi connectivity index (χ4n) is 10.6. The zero-order chi connectivity index (χ0) is 74.9. The summed E-state index contributed by atoms with van der Waals surface area (Å²) in [4.78, 5) is 178. The highest BCUT2D eigenvalue weighted by atomic mass is 16.2. The van der Waals surface area contributed by atoms with Gasteiger partial charge in [0.1, 0.15) is 34.2 Å². The molecule has 0 aliphatic carbocycles. The van der Waals surface area contributed by atoms with E-state index in [-0.39, 0.29) is 128 Å². The molecule has 0 aromatic carbocycles. The molecule has 0 unspecified atom stereocenters. The molecule has 0 saturated heterocycles. The molecule has 37 nitrogen and oxygen atoms in total. The van der Waals surface area contributed by atoms with Crippen LogP contribution in [-0.2, 0) is 80.4 Å². The van der Waals surface area contributed by atoms with E-state index >= 15 is 0 Å². The molecule has 0 radical (unpaired) electrons. The Hall–Kier alpha value is -12.8. The third-order valence-corrected chi connectivity index (χ3v) is 15.6. The summed E-state index contributed by atoms with van der Waals surface area (Å²) in [5.41, 5.74) is 3.41. The zero-order valence-corrected chi connectivity index (χ0v) is 58.8. The second kappa shape index (κ2) is 34.3. The molecule has 546 valence electrons. The molecule has 8 heterocycles. The highest BCUT2D eigenvalue weighted by Crippen LogP contribution is 2.22. The van der Waals surface area contributed by atoms with Crippen LogP contribution in [0.1, 0.15) is 130 Å². The molecule has 0 aliphatic heterocycles. The summed E-state index contributed by atoms with van der Waals surface area (Å²) in [6, 6.07) is 8.91. The van der Waals surface area contributed by atoms with Crippen LogP contribution < -0.4 is 69.1 Å². The average molecular weight is 1420 g/mol. The maximum atomic E-state index is 13.4. The lowest BCUT2D eigenvalue weighted by atomic mass is 10.3. The van der Waals surface area contributed by atoms with E-state index in [1.54, 1.807) is 76.2 Å². The summed E-state index contributed by atoms with van der Waals surface area (Å²) in [6.45, 7) is 2.82. The van der Waals surface area contributed by atoms with E-state index in [0.717, 1.165) is 13.0 Å². The Bertz CT molecular complexity index is 4560. The summed E-state index contributed by atoms with van der Waals surface area (Å²) in [5.74, 6) is -6.21. The van der Waals surface area contributed by atoms with Gasteiger partial charge in [0.05, 0.1) is 34.1 Å². The van der Waals surface area contributed by atoms with Crippen molar-refractivity contribution >= 4 is 123 Å². The maximum absolute atomic E-state index is 13.4. The lowest BCUT2D eigenvalue weighted by Gasteiger charge is -2.10. The van der Waals surface area contributed by atoms with Gasteiger partial charge in [0.15, 0.2) is 11.6 Å². The zero-order valence-electron chi connectivity index (χ0n) is 58.8. The summed E-state index contributed by atoms with van der Waals surface area (Å²) < 4.78 is 11.9. The third kappa shape index (κ3) is 21.1. The van der Waals surface area contributed by atoms with E-state index in [1.165, 1.54) is 110 Å². The van der Waals surface area contributed by atoms with Crippen LogP contribution in [0.4, 0.5) is 45.8 Å². The van der Waals surface area contributed by atoms with Crippen LogP contribution in [0.3, 0.4) is 0 Å². The lowest BCUT2D eigenvalue weighted by Crippen LogP contribution is -2.32. The molecule has 0 aliphatic rings. The van der Waals surface area contributed by atoms with E-state index in [9.17, 15) is 62.3 Å². The van der Waals surface area contributed by atoms with Crippen LogP contribution >= 0.6 is 0 Å². The fraction of sp³-hybridized carbons (Fsp3) is 0.348. The molecule has 37 heteroatoms. The molecule has 0 spiro atoms. The van der Waals surface area contributed by atoms with Gasteiger partial charge in [-0.3, -0.25) is 62.3 Å². The summed E-state index contributed by atoms with van der Waals surface area (Å²) in [5, 5.41) is 35.1. The number of hydrogen-bond acceptors (Lipinski definition) is 16. The highest BCUT2D eigenvalue weighted by Gasteiger charge is 2.24. The molecule has 0 saturated carbocycles. The van der Waals surface area contributed by atoms with Gasteiger partial charge in [-0.15, -0.1) is 0 Å². The number of nitrogens with zero attached hydrogens (tertiary/aromatic N) is 11. The second-order valence-corrected chi connectivity index (χ2v) is 24.5. The number of carbonyl (C=O) groups is 13. The first kappa shape index (κ1) is 75.9. The van der Waals surface area contributed by atoms with Crippen LogP contribution in [-0.4, -0.2) is 182 Å². The second-order valence-electron chi connectivity index (χ2n) is 24.5. The van der Waals surface area contributed by atoms with Gasteiger partial charge in [-0.1, -0.05) is 0 Å². The van der Waals surface area contributed by atoms with Gasteiger partial charge in [0.25, 0.3) is 47.3 Å². The highest BCUT2D eigenvalue weighted by molar-refractivity contribution is 6.08. The number of aromatic nitrogens is 10. The van der Waals surface area contributed by atoms with Gasteiger partial charge < -0.3 is 111 Å². The van der Waals surface area contributed by atoms with Crippen LogP contribution in [0, 0.1) is 0 Å². The summed E-state index contributed by atoms with van der Waals surface area (Å²) in [7, 11) is 16.7. The molecule has 8 aromatic rings. The van der Waals surface area contributed by atoms with Crippen molar-refractivity contribution in [3.8, 4) is 0 Å². The molecule has 0 fully saturated rings. The van der Waals surface area contributed by atoms with E-state index in [2.05, 4.69) is 79.1 Å². The van der Waals surface area contributed by atoms with Gasteiger partial charge in [0, 0.05) is 171 Å². The minimum atomic E-state index is -0.709. The summed E-state index contributed by atoms with van der Waals surface area (Å²) >= 11 is 0. The van der Waals surface area contributed by atoms with Crippen LogP contribution in [0.2, 0.25) is 0 Å². The smallest absolute Gasteiger partial charge is 0.292 e. The topological polar surface area (TPSA) is 447 Å². The Morgan fingerprint density at radius 3 is 1.01 bits per heavy atom. The van der Waals surface area contributed by atoms with E-state index in [4.69, 9.17) is 0 Å². The van der Waals surface area contributed by atoms with E-state index in [1.807, 2.05) is 19.0 Å². The predicted octanol–water partition coefficient (Wildman–Crippen LogP) is 2.01. The summed E-state index contributed by atoms with van der Waals surface area (Å²) in [6.07, 6.45) is 13.0. The number of rotatable bonds is 33. The fourth-order valence-corrected chi connectivity index (χ4v) is 10.6. The standard InChI is InChI=1S/C66H84N24O13/c1-38(91)72-39-24-48(86(7)30-39)62(99)75-43-29-47(85(6)34-43)61(98)70-21-16-55(94)73-40-25-49(87(8)31-40)63(100)76-42-27-45(83(4)33-42)59(96)68-18-12-14-54(93)78-51-36-90(11)58(79-51)66(103)81-52-37-89(10)57(80-52)65(102)71-22-17-56(95)74-41-26-50(88(9)32-41)64(101)77-44-28-46(84(5)35-44)60(97)69-20-15-53(92)67-19-13-23-82(2)3/h24-37H,12-23H2,1-11H3,(H,67,92)(H,68,96)(H,69,97)(H,70,98)(H,71,102)(H,72,91)(H,73,94)(H,74,95)(H,75,99)(H,76,100)(H,77,101)(H,78,93)(H,81,103). The Morgan fingerprint density at radius 1 is 0.311 bits per heavy atom. The minimum Gasteiger partial charge on any atom is -0.356 e. The third-order valence-electron chi connectivity index (χ3n) is 15.6. The molecule has 8 aromatic heterocycles. The van der Waals surface area contributed by atoms with E-state index in [0.29, 0.717) is 40.7 Å². The van der Waals surface area contributed by atoms with Crippen molar-refractivity contribution < 1.29 is 62.3 Å². The van der Waals surface area contributed by atoms with Crippen molar-refractivity contribution in [3.63, 3.8) is 0 Å². The quantitative estimate of drug-likeness (QED) is 0.0262. The van der Waals surface area contributed by atoms with Gasteiger partial charge in [-0.25, -0.2) is 9.97 Å². The first-order valence-electron chi connectivity index (χ1n) is 32.4. The van der Waals surface area contributed by atoms with Crippen LogP contribution in [0.5, 0.6) is 0 Å². The Kier molecular flexibility index (Phi) is 25.3. The first-order valence-corrected chi connectivity index (χ1v) is 32.4. The van der Waals surface area contributed by atoms with Crippen LogP contribution in [0.15, 0.2) is 86.0 Å². The van der Waals surface area contributed by atoms with Gasteiger partial charge in [-0.05, 0) is 69.9 Å².